The van der Waals surface area contributed by atoms with Gasteiger partial charge in [0.05, 0.1) is 18.8 Å². The van der Waals surface area contributed by atoms with E-state index in [0.717, 1.165) is 34.8 Å². The smallest absolute Gasteiger partial charge is 0.191 e. The predicted octanol–water partition coefficient (Wildman–Crippen LogP) is 3.10. The largest absolute Gasteiger partial charge is 0.357 e. The first-order valence-electron chi connectivity index (χ1n) is 7.69. The van der Waals surface area contributed by atoms with Gasteiger partial charge in [-0.05, 0) is 13.3 Å². The van der Waals surface area contributed by atoms with Crippen LogP contribution in [0.25, 0.3) is 0 Å². The van der Waals surface area contributed by atoms with Crippen molar-refractivity contribution in [2.24, 2.45) is 4.99 Å². The zero-order valence-corrected chi connectivity index (χ0v) is 18.5. The van der Waals surface area contributed by atoms with Crippen molar-refractivity contribution in [2.45, 2.75) is 33.4 Å². The third kappa shape index (κ3) is 6.52. The average molecular weight is 480 g/mol. The molecule has 0 bridgehead atoms. The van der Waals surface area contributed by atoms with Crippen LogP contribution in [-0.2, 0) is 19.5 Å². The number of aliphatic imine (C=N–C) groups is 1. The molecule has 24 heavy (non-hydrogen) atoms. The van der Waals surface area contributed by atoms with Crippen molar-refractivity contribution < 1.29 is 0 Å². The van der Waals surface area contributed by atoms with Gasteiger partial charge in [0.25, 0.3) is 0 Å². The minimum absolute atomic E-state index is 0. The molecule has 0 aliphatic carbocycles. The van der Waals surface area contributed by atoms with E-state index in [-0.39, 0.29) is 24.0 Å². The van der Waals surface area contributed by atoms with Crippen LogP contribution in [0.3, 0.4) is 0 Å². The highest BCUT2D eigenvalue weighted by Crippen LogP contribution is 2.18. The maximum atomic E-state index is 4.60. The summed E-state index contributed by atoms with van der Waals surface area (Å²) in [7, 11) is 3.99. The third-order valence-electron chi connectivity index (χ3n) is 3.02. The molecular weight excluding hydrogens is 455 g/mol. The van der Waals surface area contributed by atoms with E-state index >= 15 is 0 Å². The van der Waals surface area contributed by atoms with Crippen LogP contribution in [-0.4, -0.2) is 36.6 Å². The number of guanidine groups is 1. The van der Waals surface area contributed by atoms with E-state index < -0.39 is 0 Å². The van der Waals surface area contributed by atoms with Crippen molar-refractivity contribution in [3.8, 4) is 0 Å². The summed E-state index contributed by atoms with van der Waals surface area (Å²) >= 11 is 3.38. The maximum absolute atomic E-state index is 4.60. The van der Waals surface area contributed by atoms with E-state index in [4.69, 9.17) is 0 Å². The molecule has 0 radical (unpaired) electrons. The van der Waals surface area contributed by atoms with E-state index in [2.05, 4.69) is 44.8 Å². The number of thiazole rings is 2. The molecule has 2 N–H and O–H groups in total. The van der Waals surface area contributed by atoms with Crippen molar-refractivity contribution in [1.82, 2.24) is 20.6 Å². The summed E-state index contributed by atoms with van der Waals surface area (Å²) < 4.78 is 0. The quantitative estimate of drug-likeness (QED) is 0.362. The number of hydrogen-bond acceptors (Lipinski definition) is 6. The number of nitrogens with one attached hydrogen (secondary N) is 2. The van der Waals surface area contributed by atoms with Gasteiger partial charge in [-0.25, -0.2) is 15.0 Å². The lowest BCUT2D eigenvalue weighted by atomic mass is 10.4. The molecule has 9 heteroatoms. The number of hydrogen-bond donors (Lipinski definition) is 2. The number of rotatable bonds is 7. The van der Waals surface area contributed by atoms with Gasteiger partial charge >= 0.3 is 0 Å². The molecule has 134 valence electrons. The molecule has 2 aromatic heterocycles. The Morgan fingerprint density at radius 1 is 1.29 bits per heavy atom. The molecule has 0 amide bonds. The van der Waals surface area contributed by atoms with Gasteiger partial charge in [0.2, 0.25) is 0 Å². The number of aryl methyl sites for hydroxylation is 1. The molecule has 0 saturated heterocycles. The SMILES string of the molecule is CCNC(=NCc1csc(N(C)C)n1)NCc1ncc(CC)s1.I. The summed E-state index contributed by atoms with van der Waals surface area (Å²) in [4.78, 5) is 16.9. The first kappa shape index (κ1) is 21.1. The second-order valence-corrected chi connectivity index (χ2v) is 7.17. The Balaban J connectivity index is 0.00000288. The van der Waals surface area contributed by atoms with Gasteiger partial charge in [0, 0.05) is 37.1 Å². The fraction of sp³-hybridized carbons (Fsp3) is 0.533. The molecule has 0 unspecified atom stereocenters. The lowest BCUT2D eigenvalue weighted by Gasteiger charge is -2.09. The standard InChI is InChI=1S/C15H24N6S2.HI/c1-5-12-8-17-13(23-12)9-19-14(16-6-2)18-7-11-10-22-15(20-11)21(3)4;/h8,10H,5-7,9H2,1-4H3,(H2,16,18,19);1H. The van der Waals surface area contributed by atoms with E-state index in [1.54, 1.807) is 22.7 Å². The highest BCUT2D eigenvalue weighted by molar-refractivity contribution is 14.0. The summed E-state index contributed by atoms with van der Waals surface area (Å²) in [6.07, 6.45) is 2.98. The van der Waals surface area contributed by atoms with Crippen LogP contribution in [0.15, 0.2) is 16.6 Å². The van der Waals surface area contributed by atoms with E-state index in [0.29, 0.717) is 13.1 Å². The van der Waals surface area contributed by atoms with Crippen molar-refractivity contribution in [3.63, 3.8) is 0 Å². The van der Waals surface area contributed by atoms with Crippen LogP contribution in [0.5, 0.6) is 0 Å². The summed E-state index contributed by atoms with van der Waals surface area (Å²) in [6, 6.07) is 0. The molecule has 0 aliphatic rings. The Hall–Kier alpha value is -0.940. The Morgan fingerprint density at radius 2 is 2.08 bits per heavy atom. The second kappa shape index (κ2) is 10.8. The molecule has 0 saturated carbocycles. The number of halogens is 1. The van der Waals surface area contributed by atoms with Gasteiger partial charge in [0.15, 0.2) is 11.1 Å². The van der Waals surface area contributed by atoms with Crippen LogP contribution >= 0.6 is 46.7 Å². The lowest BCUT2D eigenvalue weighted by Crippen LogP contribution is -2.36. The third-order valence-corrected chi connectivity index (χ3v) is 5.22. The van der Waals surface area contributed by atoms with Gasteiger partial charge in [-0.3, -0.25) is 0 Å². The van der Waals surface area contributed by atoms with E-state index in [1.165, 1.54) is 4.88 Å². The zero-order valence-electron chi connectivity index (χ0n) is 14.5. The molecule has 2 heterocycles. The number of anilines is 1. The summed E-state index contributed by atoms with van der Waals surface area (Å²) in [5, 5.41) is 10.7. The first-order chi connectivity index (χ1) is 11.1. The zero-order chi connectivity index (χ0) is 16.7. The van der Waals surface area contributed by atoms with Crippen LogP contribution < -0.4 is 15.5 Å². The summed E-state index contributed by atoms with van der Waals surface area (Å²) in [5.74, 6) is 0.792. The summed E-state index contributed by atoms with van der Waals surface area (Å²) in [5.41, 5.74) is 0.985. The van der Waals surface area contributed by atoms with E-state index in [1.807, 2.05) is 25.2 Å². The van der Waals surface area contributed by atoms with Crippen molar-refractivity contribution in [1.29, 1.82) is 0 Å². The highest BCUT2D eigenvalue weighted by Gasteiger charge is 2.05. The molecule has 6 nitrogen and oxygen atoms in total. The van der Waals surface area contributed by atoms with Crippen molar-refractivity contribution in [2.75, 3.05) is 25.5 Å². The fourth-order valence-corrected chi connectivity index (χ4v) is 3.38. The van der Waals surface area contributed by atoms with Gasteiger partial charge < -0.3 is 15.5 Å². The van der Waals surface area contributed by atoms with Crippen molar-refractivity contribution >= 4 is 57.7 Å². The normalized spacial score (nSPS) is 11.1. The topological polar surface area (TPSA) is 65.4 Å². The van der Waals surface area contributed by atoms with Crippen LogP contribution in [0, 0.1) is 0 Å². The second-order valence-electron chi connectivity index (χ2n) is 5.14. The number of nitrogens with zero attached hydrogens (tertiary/aromatic N) is 4. The summed E-state index contributed by atoms with van der Waals surface area (Å²) in [6.45, 7) is 6.28. The van der Waals surface area contributed by atoms with E-state index in [9.17, 15) is 0 Å². The van der Waals surface area contributed by atoms with Gasteiger partial charge in [0.1, 0.15) is 5.01 Å². The lowest BCUT2D eigenvalue weighted by molar-refractivity contribution is 0.808. The predicted molar refractivity (Wildman–Crippen MR) is 115 cm³/mol. The first-order valence-corrected chi connectivity index (χ1v) is 9.39. The minimum atomic E-state index is 0. The van der Waals surface area contributed by atoms with Crippen molar-refractivity contribution in [3.05, 3.63) is 27.2 Å². The molecule has 0 fully saturated rings. The Labute approximate surface area is 168 Å². The van der Waals surface area contributed by atoms with Crippen LogP contribution in [0.1, 0.15) is 29.4 Å². The molecule has 0 aliphatic heterocycles. The maximum Gasteiger partial charge on any atom is 0.191 e. The fourth-order valence-electron chi connectivity index (χ4n) is 1.83. The van der Waals surface area contributed by atoms with Gasteiger partial charge in [-0.2, -0.15) is 0 Å². The monoisotopic (exact) mass is 480 g/mol. The average Bonchev–Trinajstić information content (AvgIpc) is 3.19. The number of aromatic nitrogens is 2. The van der Waals surface area contributed by atoms with Gasteiger partial charge in [-0.1, -0.05) is 6.92 Å². The molecule has 2 aromatic rings. The Kier molecular flexibility index (Phi) is 9.52. The molecule has 0 spiro atoms. The van der Waals surface area contributed by atoms with Crippen LogP contribution in [0.4, 0.5) is 5.13 Å². The van der Waals surface area contributed by atoms with Crippen LogP contribution in [0.2, 0.25) is 0 Å². The molecule has 2 rings (SSSR count). The minimum Gasteiger partial charge on any atom is -0.357 e. The molecule has 0 aromatic carbocycles. The van der Waals surface area contributed by atoms with Gasteiger partial charge in [-0.15, -0.1) is 46.7 Å². The Bertz CT molecular complexity index is 637. The Morgan fingerprint density at radius 3 is 2.67 bits per heavy atom. The molecular formula is C15H25IN6S2. The highest BCUT2D eigenvalue weighted by atomic mass is 127. The molecule has 0 atom stereocenters.